The number of sulfonamides is 1. The maximum atomic E-state index is 13.4. The summed E-state index contributed by atoms with van der Waals surface area (Å²) in [5.41, 5.74) is 3.74. The predicted molar refractivity (Wildman–Crippen MR) is 140 cm³/mol. The van der Waals surface area contributed by atoms with E-state index in [1.807, 2.05) is 36.1 Å². The Labute approximate surface area is 213 Å². The number of rotatable bonds is 6. The molecule has 2 fully saturated rings. The Morgan fingerprint density at radius 1 is 0.944 bits per heavy atom. The van der Waals surface area contributed by atoms with Crippen LogP contribution < -0.4 is 10.2 Å². The van der Waals surface area contributed by atoms with Crippen LogP contribution in [-0.4, -0.2) is 43.7 Å². The van der Waals surface area contributed by atoms with Crippen LogP contribution in [0, 0.1) is 11.8 Å². The summed E-state index contributed by atoms with van der Waals surface area (Å²) < 4.78 is 28.3. The number of piperidine rings is 1. The molecular formula is C28H35N3O4S. The van der Waals surface area contributed by atoms with E-state index in [-0.39, 0.29) is 34.6 Å². The number of carbonyl (C=O) groups excluding carboxylic acids is 2. The van der Waals surface area contributed by atoms with Gasteiger partial charge in [0, 0.05) is 42.3 Å². The normalized spacial score (nSPS) is 21.0. The zero-order valence-electron chi connectivity index (χ0n) is 21.2. The number of benzene rings is 2. The van der Waals surface area contributed by atoms with Gasteiger partial charge in [0.15, 0.2) is 0 Å². The SMILES string of the molecule is CC(C)c1ccc(NC(=O)C2CCN(S(=O)(=O)c3ccc4c(c3)C[C@@H](C)N4C(=O)C3CC3)CC2)cc1. The third kappa shape index (κ3) is 4.81. The van der Waals surface area contributed by atoms with E-state index in [1.165, 1.54) is 9.87 Å². The summed E-state index contributed by atoms with van der Waals surface area (Å²) in [7, 11) is -3.67. The van der Waals surface area contributed by atoms with Crippen molar-refractivity contribution in [3.05, 3.63) is 53.6 Å². The van der Waals surface area contributed by atoms with Gasteiger partial charge in [0.25, 0.3) is 0 Å². The fourth-order valence-corrected chi connectivity index (χ4v) is 6.85. The second-order valence-electron chi connectivity index (χ2n) is 10.8. The first-order chi connectivity index (χ1) is 17.1. The molecule has 192 valence electrons. The highest BCUT2D eigenvalue weighted by Crippen LogP contribution is 2.40. The number of hydrogen-bond acceptors (Lipinski definition) is 4. The second kappa shape index (κ2) is 9.63. The van der Waals surface area contributed by atoms with E-state index in [1.54, 1.807) is 18.2 Å². The van der Waals surface area contributed by atoms with Crippen molar-refractivity contribution in [2.45, 2.75) is 69.7 Å². The molecule has 1 atom stereocenters. The van der Waals surface area contributed by atoms with Crippen molar-refractivity contribution >= 4 is 33.2 Å². The zero-order chi connectivity index (χ0) is 25.6. The fraction of sp³-hybridized carbons (Fsp3) is 0.500. The standard InChI is InChI=1S/C28H35N3O4S/c1-18(2)20-6-8-24(9-7-20)29-27(32)21-12-14-30(15-13-21)36(34,35)25-10-11-26-23(17-25)16-19(3)31(26)28(33)22-4-5-22/h6-11,17-19,21-22H,4-5,12-16H2,1-3H3,(H,29,32)/t19-/m1/s1. The van der Waals surface area contributed by atoms with Crippen LogP contribution in [0.1, 0.15) is 63.5 Å². The first kappa shape index (κ1) is 25.0. The van der Waals surface area contributed by atoms with Gasteiger partial charge < -0.3 is 10.2 Å². The average Bonchev–Trinajstić information content (AvgIpc) is 3.66. The van der Waals surface area contributed by atoms with Crippen LogP contribution in [0.25, 0.3) is 0 Å². The molecule has 36 heavy (non-hydrogen) atoms. The topological polar surface area (TPSA) is 86.8 Å². The highest BCUT2D eigenvalue weighted by Gasteiger charge is 2.40. The number of nitrogens with zero attached hydrogens (tertiary/aromatic N) is 2. The van der Waals surface area contributed by atoms with E-state index in [0.717, 1.165) is 29.8 Å². The van der Waals surface area contributed by atoms with Crippen LogP contribution in [0.2, 0.25) is 0 Å². The number of amides is 2. The van der Waals surface area contributed by atoms with E-state index in [4.69, 9.17) is 0 Å². The molecule has 2 aromatic carbocycles. The van der Waals surface area contributed by atoms with Crippen molar-refractivity contribution in [1.82, 2.24) is 4.31 Å². The minimum atomic E-state index is -3.67. The third-order valence-electron chi connectivity index (χ3n) is 7.74. The molecule has 1 N–H and O–H groups in total. The second-order valence-corrected chi connectivity index (χ2v) is 12.7. The van der Waals surface area contributed by atoms with Gasteiger partial charge in [0.05, 0.1) is 4.90 Å². The Morgan fingerprint density at radius 2 is 1.61 bits per heavy atom. The largest absolute Gasteiger partial charge is 0.326 e. The molecule has 1 saturated carbocycles. The summed E-state index contributed by atoms with van der Waals surface area (Å²) in [5.74, 6) is 0.437. The maximum Gasteiger partial charge on any atom is 0.243 e. The number of anilines is 2. The molecular weight excluding hydrogens is 474 g/mol. The molecule has 2 aromatic rings. The lowest BCUT2D eigenvalue weighted by Crippen LogP contribution is -2.41. The van der Waals surface area contributed by atoms with E-state index in [9.17, 15) is 18.0 Å². The van der Waals surface area contributed by atoms with Gasteiger partial charge in [-0.1, -0.05) is 26.0 Å². The summed E-state index contributed by atoms with van der Waals surface area (Å²) in [5, 5.41) is 2.98. The van der Waals surface area contributed by atoms with Crippen molar-refractivity contribution < 1.29 is 18.0 Å². The lowest BCUT2D eigenvalue weighted by molar-refractivity contribution is -0.121. The van der Waals surface area contributed by atoms with Crippen molar-refractivity contribution in [3.8, 4) is 0 Å². The minimum absolute atomic E-state index is 0.0434. The van der Waals surface area contributed by atoms with Crippen molar-refractivity contribution in [2.24, 2.45) is 11.8 Å². The summed E-state index contributed by atoms with van der Waals surface area (Å²) >= 11 is 0. The predicted octanol–water partition coefficient (Wildman–Crippen LogP) is 4.54. The van der Waals surface area contributed by atoms with Gasteiger partial charge in [-0.3, -0.25) is 9.59 Å². The molecule has 5 rings (SSSR count). The Hall–Kier alpha value is -2.71. The molecule has 0 aromatic heterocycles. The molecule has 2 heterocycles. The molecule has 0 unspecified atom stereocenters. The molecule has 8 heteroatoms. The summed E-state index contributed by atoms with van der Waals surface area (Å²) in [4.78, 5) is 27.6. The summed E-state index contributed by atoms with van der Waals surface area (Å²) in [6, 6.07) is 13.1. The van der Waals surface area contributed by atoms with Gasteiger partial charge in [-0.25, -0.2) is 8.42 Å². The van der Waals surface area contributed by atoms with E-state index in [0.29, 0.717) is 38.3 Å². The van der Waals surface area contributed by atoms with Crippen LogP contribution in [0.15, 0.2) is 47.4 Å². The summed E-state index contributed by atoms with van der Waals surface area (Å²) in [6.07, 6.45) is 3.53. The molecule has 1 aliphatic carbocycles. The van der Waals surface area contributed by atoms with Crippen LogP contribution in [-0.2, 0) is 26.0 Å². The highest BCUT2D eigenvalue weighted by atomic mass is 32.2. The number of carbonyl (C=O) groups is 2. The molecule has 0 bridgehead atoms. The van der Waals surface area contributed by atoms with Gasteiger partial charge >= 0.3 is 0 Å². The lowest BCUT2D eigenvalue weighted by atomic mass is 9.97. The van der Waals surface area contributed by atoms with Gasteiger partial charge in [-0.05, 0) is 86.4 Å². The van der Waals surface area contributed by atoms with Crippen LogP contribution >= 0.6 is 0 Å². The Bertz CT molecular complexity index is 1260. The van der Waals surface area contributed by atoms with Gasteiger partial charge in [-0.15, -0.1) is 0 Å². The van der Waals surface area contributed by atoms with Crippen LogP contribution in [0.3, 0.4) is 0 Å². The third-order valence-corrected chi connectivity index (χ3v) is 9.63. The van der Waals surface area contributed by atoms with Gasteiger partial charge in [-0.2, -0.15) is 4.31 Å². The number of hydrogen-bond donors (Lipinski definition) is 1. The van der Waals surface area contributed by atoms with Crippen molar-refractivity contribution in [3.63, 3.8) is 0 Å². The number of fused-ring (bicyclic) bond motifs is 1. The molecule has 0 spiro atoms. The van der Waals surface area contributed by atoms with E-state index in [2.05, 4.69) is 19.2 Å². The minimum Gasteiger partial charge on any atom is -0.326 e. The van der Waals surface area contributed by atoms with Crippen molar-refractivity contribution in [1.29, 1.82) is 0 Å². The van der Waals surface area contributed by atoms with E-state index >= 15 is 0 Å². The van der Waals surface area contributed by atoms with Crippen LogP contribution in [0.5, 0.6) is 0 Å². The number of nitrogens with one attached hydrogen (secondary N) is 1. The first-order valence-electron chi connectivity index (χ1n) is 13.0. The summed E-state index contributed by atoms with van der Waals surface area (Å²) in [6.45, 7) is 6.90. The van der Waals surface area contributed by atoms with Gasteiger partial charge in [0.1, 0.15) is 0 Å². The van der Waals surface area contributed by atoms with Gasteiger partial charge in [0.2, 0.25) is 21.8 Å². The molecule has 2 aliphatic heterocycles. The smallest absolute Gasteiger partial charge is 0.243 e. The fourth-order valence-electron chi connectivity index (χ4n) is 5.33. The maximum absolute atomic E-state index is 13.4. The molecule has 7 nitrogen and oxygen atoms in total. The molecule has 1 saturated heterocycles. The molecule has 0 radical (unpaired) electrons. The Morgan fingerprint density at radius 3 is 2.22 bits per heavy atom. The first-order valence-corrected chi connectivity index (χ1v) is 14.5. The lowest BCUT2D eigenvalue weighted by Gasteiger charge is -2.30. The van der Waals surface area contributed by atoms with Crippen LogP contribution in [0.4, 0.5) is 11.4 Å². The quantitative estimate of drug-likeness (QED) is 0.620. The average molecular weight is 510 g/mol. The van der Waals surface area contributed by atoms with Crippen molar-refractivity contribution in [2.75, 3.05) is 23.3 Å². The molecule has 3 aliphatic rings. The highest BCUT2D eigenvalue weighted by molar-refractivity contribution is 7.89. The monoisotopic (exact) mass is 509 g/mol. The molecule has 2 amide bonds. The Kier molecular flexibility index (Phi) is 6.68. The Balaban J connectivity index is 1.22. The van der Waals surface area contributed by atoms with E-state index < -0.39 is 10.0 Å². The zero-order valence-corrected chi connectivity index (χ0v) is 22.1.